The van der Waals surface area contributed by atoms with Crippen LogP contribution >= 0.6 is 0 Å². The summed E-state index contributed by atoms with van der Waals surface area (Å²) in [5.41, 5.74) is 5.10. The van der Waals surface area contributed by atoms with Gasteiger partial charge in [0.25, 0.3) is 5.56 Å². The van der Waals surface area contributed by atoms with Gasteiger partial charge in [0.2, 0.25) is 0 Å². The van der Waals surface area contributed by atoms with Crippen LogP contribution in [0.2, 0.25) is 0 Å². The summed E-state index contributed by atoms with van der Waals surface area (Å²) in [6.45, 7) is 0.446. The van der Waals surface area contributed by atoms with E-state index in [-0.39, 0.29) is 5.56 Å². The van der Waals surface area contributed by atoms with Crippen LogP contribution in [0.3, 0.4) is 0 Å². The smallest absolute Gasteiger partial charge is 0.280 e. The summed E-state index contributed by atoms with van der Waals surface area (Å²) in [6, 6.07) is 22.0. The van der Waals surface area contributed by atoms with Crippen LogP contribution in [0, 0.1) is 0 Å². The summed E-state index contributed by atoms with van der Waals surface area (Å²) >= 11 is 0. The Hall–Kier alpha value is -3.86. The predicted octanol–water partition coefficient (Wildman–Crippen LogP) is 4.06. The van der Waals surface area contributed by atoms with Gasteiger partial charge < -0.3 is 0 Å². The lowest BCUT2D eigenvalue weighted by Crippen LogP contribution is -2.21. The zero-order chi connectivity index (χ0) is 18.9. The molecule has 0 saturated heterocycles. The number of aromatic nitrogens is 4. The van der Waals surface area contributed by atoms with Gasteiger partial charge in [-0.25, -0.2) is 9.97 Å². The van der Waals surface area contributed by atoms with Crippen LogP contribution in [0.5, 0.6) is 0 Å². The summed E-state index contributed by atoms with van der Waals surface area (Å²) in [5.74, 6) is 0. The molecule has 0 amide bonds. The van der Waals surface area contributed by atoms with Gasteiger partial charge in [-0.3, -0.25) is 14.3 Å². The lowest BCUT2D eigenvalue weighted by molar-refractivity contribution is 0.746. The molecule has 5 rings (SSSR count). The molecule has 0 fully saturated rings. The van der Waals surface area contributed by atoms with Gasteiger partial charge in [0.15, 0.2) is 5.52 Å². The second kappa shape index (κ2) is 6.70. The second-order valence-corrected chi connectivity index (χ2v) is 6.66. The number of fused-ring (bicyclic) bond motifs is 2. The Morgan fingerprint density at radius 2 is 1.61 bits per heavy atom. The number of hydrogen-bond donors (Lipinski definition) is 0. The Labute approximate surface area is 161 Å². The number of pyridine rings is 2. The Bertz CT molecular complexity index is 1370. The van der Waals surface area contributed by atoms with Crippen LogP contribution in [0.1, 0.15) is 5.56 Å². The zero-order valence-electron chi connectivity index (χ0n) is 15.0. The second-order valence-electron chi connectivity index (χ2n) is 6.66. The molecule has 3 aromatic heterocycles. The van der Waals surface area contributed by atoms with Gasteiger partial charge in [-0.05, 0) is 53.1 Å². The molecule has 2 aromatic carbocycles. The van der Waals surface area contributed by atoms with E-state index < -0.39 is 0 Å². The number of hydrogen-bond acceptors (Lipinski definition) is 4. The fourth-order valence-corrected chi connectivity index (χ4v) is 3.40. The summed E-state index contributed by atoms with van der Waals surface area (Å²) in [5, 5.41) is 1.10. The van der Waals surface area contributed by atoms with Gasteiger partial charge in [-0.15, -0.1) is 0 Å². The van der Waals surface area contributed by atoms with E-state index in [1.165, 1.54) is 0 Å². The summed E-state index contributed by atoms with van der Waals surface area (Å²) < 4.78 is 1.60. The first kappa shape index (κ1) is 16.3. The van der Waals surface area contributed by atoms with Crippen molar-refractivity contribution in [1.82, 2.24) is 19.5 Å². The standard InChI is InChI=1S/C23H16N4O/c28-23-22-21(7-3-11-25-22)26-15-27(23)14-16-4-1-5-17(12-16)18-8-9-20-19(13-18)6-2-10-24-20/h1-13,15H,14H2. The minimum atomic E-state index is -0.132. The molecule has 0 spiro atoms. The van der Waals surface area contributed by atoms with Crippen molar-refractivity contribution in [1.29, 1.82) is 0 Å². The Balaban J connectivity index is 1.52. The van der Waals surface area contributed by atoms with Gasteiger partial charge in [0.05, 0.1) is 23.9 Å². The van der Waals surface area contributed by atoms with E-state index in [1.54, 1.807) is 35.4 Å². The minimum absolute atomic E-state index is 0.132. The maximum atomic E-state index is 12.7. The maximum absolute atomic E-state index is 12.7. The van der Waals surface area contributed by atoms with E-state index in [0.29, 0.717) is 17.6 Å². The van der Waals surface area contributed by atoms with Crippen molar-refractivity contribution in [3.8, 4) is 11.1 Å². The molecular formula is C23H16N4O. The van der Waals surface area contributed by atoms with Crippen molar-refractivity contribution < 1.29 is 0 Å². The highest BCUT2D eigenvalue weighted by molar-refractivity contribution is 5.84. The molecule has 0 atom stereocenters. The van der Waals surface area contributed by atoms with Crippen molar-refractivity contribution in [3.63, 3.8) is 0 Å². The normalized spacial score (nSPS) is 11.1. The molecule has 0 N–H and O–H groups in total. The van der Waals surface area contributed by atoms with Crippen LogP contribution < -0.4 is 5.56 Å². The van der Waals surface area contributed by atoms with Gasteiger partial charge in [-0.2, -0.15) is 0 Å². The highest BCUT2D eigenvalue weighted by Gasteiger charge is 2.07. The van der Waals surface area contributed by atoms with Crippen LogP contribution in [0.4, 0.5) is 0 Å². The molecule has 5 aromatic rings. The lowest BCUT2D eigenvalue weighted by atomic mass is 10.0. The number of rotatable bonds is 3. The molecule has 0 aliphatic heterocycles. The molecular weight excluding hydrogens is 348 g/mol. The van der Waals surface area contributed by atoms with Gasteiger partial charge in [0.1, 0.15) is 0 Å². The first-order valence-electron chi connectivity index (χ1n) is 9.02. The number of nitrogens with zero attached hydrogens (tertiary/aromatic N) is 4. The molecule has 28 heavy (non-hydrogen) atoms. The van der Waals surface area contributed by atoms with Gasteiger partial charge in [0, 0.05) is 17.8 Å². The Kier molecular flexibility index (Phi) is 3.91. The molecule has 5 nitrogen and oxygen atoms in total. The molecule has 3 heterocycles. The molecule has 134 valence electrons. The Morgan fingerprint density at radius 3 is 2.57 bits per heavy atom. The average Bonchev–Trinajstić information content (AvgIpc) is 2.76. The summed E-state index contributed by atoms with van der Waals surface area (Å²) in [7, 11) is 0. The molecule has 0 aliphatic carbocycles. The topological polar surface area (TPSA) is 60.7 Å². The van der Waals surface area contributed by atoms with E-state index in [9.17, 15) is 4.79 Å². The molecule has 0 aliphatic rings. The van der Waals surface area contributed by atoms with Gasteiger partial charge in [-0.1, -0.05) is 30.3 Å². The van der Waals surface area contributed by atoms with Crippen molar-refractivity contribution in [2.45, 2.75) is 6.54 Å². The van der Waals surface area contributed by atoms with Crippen LogP contribution in [0.25, 0.3) is 33.1 Å². The first-order valence-corrected chi connectivity index (χ1v) is 9.02. The van der Waals surface area contributed by atoms with E-state index >= 15 is 0 Å². The lowest BCUT2D eigenvalue weighted by Gasteiger charge is -2.09. The third-order valence-corrected chi connectivity index (χ3v) is 4.80. The predicted molar refractivity (Wildman–Crippen MR) is 110 cm³/mol. The van der Waals surface area contributed by atoms with Crippen LogP contribution in [-0.4, -0.2) is 19.5 Å². The highest BCUT2D eigenvalue weighted by Crippen LogP contribution is 2.24. The van der Waals surface area contributed by atoms with Crippen molar-refractivity contribution in [3.05, 3.63) is 101 Å². The average molecular weight is 364 g/mol. The summed E-state index contributed by atoms with van der Waals surface area (Å²) in [6.07, 6.45) is 5.00. The number of benzene rings is 2. The van der Waals surface area contributed by atoms with Crippen LogP contribution in [-0.2, 0) is 6.54 Å². The first-order chi connectivity index (χ1) is 13.8. The summed E-state index contributed by atoms with van der Waals surface area (Å²) in [4.78, 5) is 25.6. The van der Waals surface area contributed by atoms with E-state index in [2.05, 4.69) is 45.3 Å². The monoisotopic (exact) mass is 364 g/mol. The van der Waals surface area contributed by atoms with Crippen molar-refractivity contribution in [2.75, 3.05) is 0 Å². The van der Waals surface area contributed by atoms with E-state index in [0.717, 1.165) is 27.6 Å². The SMILES string of the molecule is O=c1c2ncccc2ncn1Cc1cccc(-c2ccc3ncccc3c2)c1. The Morgan fingerprint density at radius 1 is 0.750 bits per heavy atom. The molecule has 0 unspecified atom stereocenters. The zero-order valence-corrected chi connectivity index (χ0v) is 15.0. The minimum Gasteiger partial charge on any atom is -0.293 e. The molecule has 5 heteroatoms. The molecule has 0 radical (unpaired) electrons. The highest BCUT2D eigenvalue weighted by atomic mass is 16.1. The van der Waals surface area contributed by atoms with Crippen molar-refractivity contribution >= 4 is 21.9 Å². The van der Waals surface area contributed by atoms with Crippen molar-refractivity contribution in [2.24, 2.45) is 0 Å². The fourth-order valence-electron chi connectivity index (χ4n) is 3.40. The largest absolute Gasteiger partial charge is 0.293 e. The van der Waals surface area contributed by atoms with Gasteiger partial charge >= 0.3 is 0 Å². The maximum Gasteiger partial charge on any atom is 0.280 e. The molecule has 0 saturated carbocycles. The van der Waals surface area contributed by atoms with E-state index in [1.807, 2.05) is 24.3 Å². The fraction of sp³-hybridized carbons (Fsp3) is 0.0435. The third kappa shape index (κ3) is 2.93. The van der Waals surface area contributed by atoms with Crippen LogP contribution in [0.15, 0.2) is 90.2 Å². The third-order valence-electron chi connectivity index (χ3n) is 4.80. The molecule has 0 bridgehead atoms. The quantitative estimate of drug-likeness (QED) is 0.484. The van der Waals surface area contributed by atoms with E-state index in [4.69, 9.17) is 0 Å².